The van der Waals surface area contributed by atoms with E-state index in [9.17, 15) is 9.18 Å². The molecule has 5 heteroatoms. The van der Waals surface area contributed by atoms with Crippen LogP contribution in [0.25, 0.3) is 0 Å². The fraction of sp³-hybridized carbons (Fsp3) is 0.562. The lowest BCUT2D eigenvalue weighted by Gasteiger charge is -2.31. The van der Waals surface area contributed by atoms with E-state index in [1.54, 1.807) is 26.1 Å². The van der Waals surface area contributed by atoms with E-state index in [2.05, 4.69) is 5.32 Å². The van der Waals surface area contributed by atoms with Gasteiger partial charge in [0.05, 0.1) is 6.61 Å². The van der Waals surface area contributed by atoms with Gasteiger partial charge in [0.2, 0.25) is 0 Å². The molecule has 0 radical (unpaired) electrons. The first kappa shape index (κ1) is 15.8. The molecule has 1 aliphatic rings. The highest BCUT2D eigenvalue weighted by molar-refractivity contribution is 5.82. The third-order valence-corrected chi connectivity index (χ3v) is 3.90. The molecular weight excluding hydrogens is 273 g/mol. The van der Waals surface area contributed by atoms with Crippen LogP contribution in [0, 0.1) is 18.7 Å². The lowest BCUT2D eigenvalue weighted by atomic mass is 9.94. The number of nitrogens with one attached hydrogen (secondary N) is 1. The molecule has 0 spiro atoms. The Bertz CT molecular complexity index is 516. The van der Waals surface area contributed by atoms with E-state index < -0.39 is 11.4 Å². The number of likely N-dealkylation sites (N-methyl/N-ethyl adjacent to an activating group) is 1. The topological polar surface area (TPSA) is 47.6 Å². The van der Waals surface area contributed by atoms with Crippen LogP contribution in [0.3, 0.4) is 0 Å². The first-order chi connectivity index (χ1) is 10.0. The normalized spacial score (nSPS) is 17.1. The SMILES string of the molecule is CCOC(=O)C(COc1cc(C)ccc1F)(NC)C1CC1. The molecule has 1 atom stereocenters. The summed E-state index contributed by atoms with van der Waals surface area (Å²) in [4.78, 5) is 12.3. The van der Waals surface area contributed by atoms with Gasteiger partial charge in [-0.05, 0) is 57.4 Å². The van der Waals surface area contributed by atoms with Crippen molar-refractivity contribution in [2.24, 2.45) is 5.92 Å². The Morgan fingerprint density at radius 1 is 1.48 bits per heavy atom. The fourth-order valence-electron chi connectivity index (χ4n) is 2.47. The van der Waals surface area contributed by atoms with Gasteiger partial charge in [-0.3, -0.25) is 0 Å². The number of rotatable bonds is 7. The highest BCUT2D eigenvalue weighted by Gasteiger charge is 2.52. The predicted octanol–water partition coefficient (Wildman–Crippen LogP) is 2.44. The Hall–Kier alpha value is -1.62. The largest absolute Gasteiger partial charge is 0.488 e. The van der Waals surface area contributed by atoms with Crippen LogP contribution in [-0.4, -0.2) is 31.8 Å². The predicted molar refractivity (Wildman–Crippen MR) is 77.8 cm³/mol. The minimum absolute atomic E-state index is 0.0629. The van der Waals surface area contributed by atoms with Gasteiger partial charge in [0.15, 0.2) is 17.1 Å². The fourth-order valence-corrected chi connectivity index (χ4v) is 2.47. The maximum atomic E-state index is 13.8. The van der Waals surface area contributed by atoms with E-state index >= 15 is 0 Å². The van der Waals surface area contributed by atoms with Gasteiger partial charge >= 0.3 is 5.97 Å². The Morgan fingerprint density at radius 3 is 2.76 bits per heavy atom. The zero-order chi connectivity index (χ0) is 15.5. The number of halogens is 1. The molecule has 1 N–H and O–H groups in total. The molecule has 0 aliphatic heterocycles. The van der Waals surface area contributed by atoms with Crippen LogP contribution in [-0.2, 0) is 9.53 Å². The molecular formula is C16H22FNO3. The molecule has 0 amide bonds. The summed E-state index contributed by atoms with van der Waals surface area (Å²) in [6.07, 6.45) is 1.89. The average molecular weight is 295 g/mol. The van der Waals surface area contributed by atoms with Gasteiger partial charge in [0.1, 0.15) is 6.61 Å². The molecule has 1 saturated carbocycles. The van der Waals surface area contributed by atoms with Crippen molar-refractivity contribution in [1.82, 2.24) is 5.32 Å². The number of esters is 1. The zero-order valence-electron chi connectivity index (χ0n) is 12.7. The summed E-state index contributed by atoms with van der Waals surface area (Å²) in [5, 5.41) is 3.04. The van der Waals surface area contributed by atoms with E-state index in [0.717, 1.165) is 18.4 Å². The highest BCUT2D eigenvalue weighted by Crippen LogP contribution is 2.41. The summed E-state index contributed by atoms with van der Waals surface area (Å²) < 4.78 is 24.5. The molecule has 1 aromatic rings. The van der Waals surface area contributed by atoms with E-state index in [1.807, 2.05) is 6.92 Å². The zero-order valence-corrected chi connectivity index (χ0v) is 12.7. The highest BCUT2D eigenvalue weighted by atomic mass is 19.1. The summed E-state index contributed by atoms with van der Waals surface area (Å²) in [5.41, 5.74) is 0.00986. The van der Waals surface area contributed by atoms with Gasteiger partial charge in [-0.15, -0.1) is 0 Å². The Kier molecular flexibility index (Phi) is 4.83. The first-order valence-electron chi connectivity index (χ1n) is 7.28. The summed E-state index contributed by atoms with van der Waals surface area (Å²) in [6, 6.07) is 4.68. The number of carbonyl (C=O) groups excluding carboxylic acids is 1. The van der Waals surface area contributed by atoms with Crippen molar-refractivity contribution >= 4 is 5.97 Å². The minimum atomic E-state index is -0.897. The second kappa shape index (κ2) is 6.43. The maximum Gasteiger partial charge on any atom is 0.330 e. The third kappa shape index (κ3) is 3.35. The van der Waals surface area contributed by atoms with Crippen LogP contribution < -0.4 is 10.1 Å². The van der Waals surface area contributed by atoms with Crippen LogP contribution in [0.1, 0.15) is 25.3 Å². The van der Waals surface area contributed by atoms with Crippen molar-refractivity contribution in [2.75, 3.05) is 20.3 Å². The van der Waals surface area contributed by atoms with Crippen LogP contribution in [0.5, 0.6) is 5.75 Å². The van der Waals surface area contributed by atoms with Crippen molar-refractivity contribution in [3.63, 3.8) is 0 Å². The van der Waals surface area contributed by atoms with Crippen molar-refractivity contribution in [3.8, 4) is 5.75 Å². The van der Waals surface area contributed by atoms with Crippen molar-refractivity contribution < 1.29 is 18.7 Å². The quantitative estimate of drug-likeness (QED) is 0.785. The number of aryl methyl sites for hydroxylation is 1. The molecule has 0 aromatic heterocycles. The number of hydrogen-bond acceptors (Lipinski definition) is 4. The van der Waals surface area contributed by atoms with Crippen molar-refractivity contribution in [2.45, 2.75) is 32.2 Å². The molecule has 2 rings (SSSR count). The second-order valence-corrected chi connectivity index (χ2v) is 5.44. The van der Waals surface area contributed by atoms with Crippen LogP contribution >= 0.6 is 0 Å². The van der Waals surface area contributed by atoms with Crippen LogP contribution in [0.2, 0.25) is 0 Å². The third-order valence-electron chi connectivity index (χ3n) is 3.90. The van der Waals surface area contributed by atoms with Gasteiger partial charge < -0.3 is 14.8 Å². The lowest BCUT2D eigenvalue weighted by molar-refractivity contribution is -0.153. The average Bonchev–Trinajstić information content (AvgIpc) is 3.29. The van der Waals surface area contributed by atoms with Gasteiger partial charge in [0.25, 0.3) is 0 Å². The molecule has 1 fully saturated rings. The van der Waals surface area contributed by atoms with Crippen LogP contribution in [0.4, 0.5) is 4.39 Å². The van der Waals surface area contributed by atoms with Gasteiger partial charge in [-0.2, -0.15) is 0 Å². The summed E-state index contributed by atoms with van der Waals surface area (Å²) >= 11 is 0. The molecule has 1 aromatic carbocycles. The molecule has 1 aliphatic carbocycles. The van der Waals surface area contributed by atoms with Gasteiger partial charge in [0, 0.05) is 0 Å². The molecule has 0 bridgehead atoms. The van der Waals surface area contributed by atoms with Crippen molar-refractivity contribution in [3.05, 3.63) is 29.6 Å². The number of hydrogen-bond donors (Lipinski definition) is 1. The molecule has 0 saturated heterocycles. The Labute approximate surface area is 124 Å². The van der Waals surface area contributed by atoms with E-state index in [4.69, 9.17) is 9.47 Å². The summed E-state index contributed by atoms with van der Waals surface area (Å²) in [5.74, 6) is -0.415. The molecule has 4 nitrogen and oxygen atoms in total. The smallest absolute Gasteiger partial charge is 0.330 e. The van der Waals surface area contributed by atoms with Crippen LogP contribution in [0.15, 0.2) is 18.2 Å². The minimum Gasteiger partial charge on any atom is -0.488 e. The summed E-state index contributed by atoms with van der Waals surface area (Å²) in [6.45, 7) is 4.01. The maximum absolute atomic E-state index is 13.8. The van der Waals surface area contributed by atoms with E-state index in [0.29, 0.717) is 6.61 Å². The number of carbonyl (C=O) groups is 1. The second-order valence-electron chi connectivity index (χ2n) is 5.44. The van der Waals surface area contributed by atoms with Gasteiger partial charge in [-0.1, -0.05) is 6.07 Å². The van der Waals surface area contributed by atoms with E-state index in [-0.39, 0.29) is 24.2 Å². The monoisotopic (exact) mass is 295 g/mol. The van der Waals surface area contributed by atoms with Crippen molar-refractivity contribution in [1.29, 1.82) is 0 Å². The summed E-state index contributed by atoms with van der Waals surface area (Å²) in [7, 11) is 1.71. The first-order valence-corrected chi connectivity index (χ1v) is 7.28. The molecule has 116 valence electrons. The Morgan fingerprint density at radius 2 is 2.19 bits per heavy atom. The molecule has 1 unspecified atom stereocenters. The van der Waals surface area contributed by atoms with Gasteiger partial charge in [-0.25, -0.2) is 9.18 Å². The molecule has 0 heterocycles. The number of ether oxygens (including phenoxy) is 2. The number of benzene rings is 1. The van der Waals surface area contributed by atoms with E-state index in [1.165, 1.54) is 6.07 Å². The Balaban J connectivity index is 2.15. The standard InChI is InChI=1S/C16H22FNO3/c1-4-20-15(19)16(18-3,12-6-7-12)10-21-14-9-11(2)5-8-13(14)17/h5,8-9,12,18H,4,6-7,10H2,1-3H3. The molecule has 21 heavy (non-hydrogen) atoms. The lowest BCUT2D eigenvalue weighted by Crippen LogP contribution is -2.57.